The van der Waals surface area contributed by atoms with Gasteiger partial charge in [-0.2, -0.15) is 0 Å². The maximum atomic E-state index is 2.45. The molecule has 0 unspecified atom stereocenters. The molecule has 0 N–H and O–H groups in total. The van der Waals surface area contributed by atoms with Crippen molar-refractivity contribution in [2.24, 2.45) is 0 Å². The van der Waals surface area contributed by atoms with Crippen molar-refractivity contribution >= 4 is 55.4 Å². The second-order valence-electron chi connectivity index (χ2n) is 14.0. The predicted molar refractivity (Wildman–Crippen MR) is 216 cm³/mol. The van der Waals surface area contributed by atoms with E-state index in [2.05, 4.69) is 181 Å². The highest BCUT2D eigenvalue weighted by atomic mass is 14.2. The average molecular weight is 629 g/mol. The van der Waals surface area contributed by atoms with Crippen molar-refractivity contribution in [3.63, 3.8) is 0 Å². The molecule has 0 fully saturated rings. The van der Waals surface area contributed by atoms with Crippen molar-refractivity contribution in [1.82, 2.24) is 0 Å². The third kappa shape index (κ3) is 5.26. The largest absolute Gasteiger partial charge is 0.243 e. The first kappa shape index (κ1) is 30.9. The molecule has 0 amide bonds. The molecule has 0 atom stereocenters. The average Bonchev–Trinajstić information content (AvgIpc) is 3.09. The van der Waals surface area contributed by atoms with Crippen molar-refractivity contribution < 1.29 is 0 Å². The molecule has 8 aromatic rings. The maximum absolute atomic E-state index is 2.45. The van der Waals surface area contributed by atoms with Crippen LogP contribution in [0.15, 0.2) is 140 Å². The Labute approximate surface area is 291 Å². The summed E-state index contributed by atoms with van der Waals surface area (Å²) in [5.41, 5.74) is 17.4. The van der Waals surface area contributed by atoms with Crippen LogP contribution in [-0.4, -0.2) is 6.71 Å². The highest BCUT2D eigenvalue weighted by molar-refractivity contribution is 6.98. The van der Waals surface area contributed by atoms with Gasteiger partial charge < -0.3 is 0 Å². The summed E-state index contributed by atoms with van der Waals surface area (Å²) in [7, 11) is 0. The number of hydrogen-bond donors (Lipinski definition) is 0. The second-order valence-corrected chi connectivity index (χ2v) is 14.0. The third-order valence-corrected chi connectivity index (χ3v) is 10.7. The molecule has 0 aliphatic heterocycles. The molecular formula is C48H41B. The van der Waals surface area contributed by atoms with E-state index >= 15 is 0 Å². The summed E-state index contributed by atoms with van der Waals surface area (Å²) in [5.74, 6) is 0. The summed E-state index contributed by atoms with van der Waals surface area (Å²) < 4.78 is 0. The Bertz CT molecular complexity index is 2530. The molecule has 8 rings (SSSR count). The lowest BCUT2D eigenvalue weighted by molar-refractivity contribution is 1.34. The molecule has 0 saturated carbocycles. The molecule has 0 heterocycles. The van der Waals surface area contributed by atoms with E-state index in [-0.39, 0.29) is 6.71 Å². The van der Waals surface area contributed by atoms with E-state index in [9.17, 15) is 0 Å². The van der Waals surface area contributed by atoms with Crippen molar-refractivity contribution in [3.8, 4) is 22.3 Å². The van der Waals surface area contributed by atoms with E-state index in [0.717, 1.165) is 0 Å². The molecule has 0 aromatic heterocycles. The molecule has 1 heteroatoms. The first-order valence-electron chi connectivity index (χ1n) is 17.5. The van der Waals surface area contributed by atoms with Crippen LogP contribution >= 0.6 is 0 Å². The predicted octanol–water partition coefficient (Wildman–Crippen LogP) is 10.8. The normalized spacial score (nSPS) is 11.5. The molecule has 0 radical (unpaired) electrons. The first-order chi connectivity index (χ1) is 23.8. The van der Waals surface area contributed by atoms with Crippen molar-refractivity contribution in [2.45, 2.75) is 41.5 Å². The Morgan fingerprint density at radius 2 is 1.00 bits per heavy atom. The van der Waals surface area contributed by atoms with Crippen LogP contribution in [0.1, 0.15) is 33.4 Å². The van der Waals surface area contributed by atoms with Gasteiger partial charge >= 0.3 is 0 Å². The quantitative estimate of drug-likeness (QED) is 0.131. The van der Waals surface area contributed by atoms with Gasteiger partial charge in [0, 0.05) is 0 Å². The van der Waals surface area contributed by atoms with Crippen molar-refractivity contribution in [3.05, 3.63) is 173 Å². The minimum atomic E-state index is 0.0713. The SMILES string of the molecule is Cc1cc(C)c(B(c2c(C)cc(C)c(-c3c(-c4ccccc4)ccc4cc5ccccc5cc34)c2C)c2cccc3ccccc23)c(C)c1. The molecule has 0 saturated heterocycles. The molecule has 0 nitrogen and oxygen atoms in total. The summed E-state index contributed by atoms with van der Waals surface area (Å²) in [6.45, 7) is 13.9. The fraction of sp³-hybridized carbons (Fsp3) is 0.125. The summed E-state index contributed by atoms with van der Waals surface area (Å²) in [4.78, 5) is 0. The zero-order valence-corrected chi connectivity index (χ0v) is 29.4. The van der Waals surface area contributed by atoms with E-state index in [1.807, 2.05) is 0 Å². The Morgan fingerprint density at radius 3 is 1.73 bits per heavy atom. The van der Waals surface area contributed by atoms with Crippen LogP contribution in [0, 0.1) is 41.5 Å². The summed E-state index contributed by atoms with van der Waals surface area (Å²) in [5, 5.41) is 7.70. The van der Waals surface area contributed by atoms with E-state index < -0.39 is 0 Å². The molecule has 0 bridgehead atoms. The third-order valence-electron chi connectivity index (χ3n) is 10.7. The van der Waals surface area contributed by atoms with Crippen LogP contribution in [0.5, 0.6) is 0 Å². The van der Waals surface area contributed by atoms with Crippen molar-refractivity contribution in [2.75, 3.05) is 0 Å². The van der Waals surface area contributed by atoms with Crippen molar-refractivity contribution in [1.29, 1.82) is 0 Å². The van der Waals surface area contributed by atoms with Crippen LogP contribution in [0.3, 0.4) is 0 Å². The van der Waals surface area contributed by atoms with Gasteiger partial charge in [0.2, 0.25) is 6.71 Å². The van der Waals surface area contributed by atoms with Gasteiger partial charge in [0.25, 0.3) is 0 Å². The van der Waals surface area contributed by atoms with E-state index in [0.29, 0.717) is 0 Å². The van der Waals surface area contributed by atoms with Gasteiger partial charge in [0.05, 0.1) is 0 Å². The van der Waals surface area contributed by atoms with Gasteiger partial charge in [-0.15, -0.1) is 0 Å². The van der Waals surface area contributed by atoms with E-state index in [4.69, 9.17) is 0 Å². The minimum absolute atomic E-state index is 0.0713. The Balaban J connectivity index is 1.51. The fourth-order valence-corrected chi connectivity index (χ4v) is 8.78. The lowest BCUT2D eigenvalue weighted by atomic mass is 9.33. The van der Waals surface area contributed by atoms with Gasteiger partial charge in [-0.3, -0.25) is 0 Å². The van der Waals surface area contributed by atoms with Crippen LogP contribution in [0.25, 0.3) is 54.6 Å². The molecule has 0 aliphatic rings. The second kappa shape index (κ2) is 12.2. The van der Waals surface area contributed by atoms with E-state index in [1.54, 1.807) is 0 Å². The standard InChI is InChI=1S/C48H41B/c1-30-25-32(3)47(33(4)26-30)49(44-22-14-20-36-17-12-13-21-41(36)44)48-34(5)27-31(2)45(35(48)6)46-42(37-15-8-7-9-16-37)24-23-40-28-38-18-10-11-19-39(38)29-43(40)46/h7-29H,1-6H3. The highest BCUT2D eigenvalue weighted by Crippen LogP contribution is 2.42. The maximum Gasteiger partial charge on any atom is 0.243 e. The molecule has 0 aliphatic carbocycles. The van der Waals surface area contributed by atoms with Crippen LogP contribution in [-0.2, 0) is 0 Å². The number of benzene rings is 8. The fourth-order valence-electron chi connectivity index (χ4n) is 8.78. The highest BCUT2D eigenvalue weighted by Gasteiger charge is 2.31. The van der Waals surface area contributed by atoms with Gasteiger partial charge in [0.1, 0.15) is 0 Å². The Kier molecular flexibility index (Phi) is 7.72. The Hall–Kier alpha value is -5.40. The lowest BCUT2D eigenvalue weighted by Crippen LogP contribution is -2.56. The summed E-state index contributed by atoms with van der Waals surface area (Å²) in [6, 6.07) is 52.0. The number of fused-ring (bicyclic) bond motifs is 3. The molecule has 0 spiro atoms. The summed E-state index contributed by atoms with van der Waals surface area (Å²) >= 11 is 0. The zero-order valence-electron chi connectivity index (χ0n) is 29.4. The minimum Gasteiger partial charge on any atom is -0.0663 e. The lowest BCUT2D eigenvalue weighted by Gasteiger charge is -2.28. The number of rotatable bonds is 5. The van der Waals surface area contributed by atoms with Crippen LogP contribution in [0.2, 0.25) is 0 Å². The van der Waals surface area contributed by atoms with Gasteiger partial charge in [-0.05, 0) is 119 Å². The Morgan fingerprint density at radius 1 is 0.388 bits per heavy atom. The van der Waals surface area contributed by atoms with Gasteiger partial charge in [-0.1, -0.05) is 166 Å². The molecule has 49 heavy (non-hydrogen) atoms. The monoisotopic (exact) mass is 628 g/mol. The van der Waals surface area contributed by atoms with E-state index in [1.165, 1.54) is 104 Å². The van der Waals surface area contributed by atoms with Crippen LogP contribution < -0.4 is 16.4 Å². The molecular weight excluding hydrogens is 587 g/mol. The number of hydrogen-bond acceptors (Lipinski definition) is 0. The summed E-state index contributed by atoms with van der Waals surface area (Å²) in [6.07, 6.45) is 0. The van der Waals surface area contributed by atoms with Crippen LogP contribution in [0.4, 0.5) is 0 Å². The molecule has 236 valence electrons. The van der Waals surface area contributed by atoms with Gasteiger partial charge in [0.15, 0.2) is 0 Å². The zero-order chi connectivity index (χ0) is 33.8. The number of aryl methyl sites for hydroxylation is 5. The van der Waals surface area contributed by atoms with Gasteiger partial charge in [-0.25, -0.2) is 0 Å². The first-order valence-corrected chi connectivity index (χ1v) is 17.5. The molecule has 8 aromatic carbocycles. The smallest absolute Gasteiger partial charge is 0.0663 e. The topological polar surface area (TPSA) is 0 Å².